The van der Waals surface area contributed by atoms with Gasteiger partial charge in [-0.1, -0.05) is 0 Å². The van der Waals surface area contributed by atoms with E-state index in [-0.39, 0.29) is 5.96 Å². The van der Waals surface area contributed by atoms with Gasteiger partial charge in [-0.3, -0.25) is 0 Å². The molecule has 0 atom stereocenters. The molecule has 0 amide bonds. The van der Waals surface area contributed by atoms with E-state index in [0.717, 1.165) is 0 Å². The van der Waals surface area contributed by atoms with E-state index in [1.54, 1.807) is 0 Å². The first-order valence-electron chi connectivity index (χ1n) is 0.984. The van der Waals surface area contributed by atoms with Gasteiger partial charge in [-0.15, -0.1) is 0 Å². The summed E-state index contributed by atoms with van der Waals surface area (Å²) < 4.78 is 2.94. The Hall–Kier alpha value is -0.510. The highest BCUT2D eigenvalue weighted by Crippen LogP contribution is 1.44. The zero-order valence-electron chi connectivity index (χ0n) is 2.51. The van der Waals surface area contributed by atoms with Crippen molar-refractivity contribution in [2.45, 2.75) is 0 Å². The normalized spacial score (nSPS) is 6.40. The molecule has 0 fully saturated rings. The zero-order valence-corrected chi connectivity index (χ0v) is 3.33. The SMILES string of the molecule is NC(N)=N[S-]. The highest BCUT2D eigenvalue weighted by molar-refractivity contribution is 7.57. The van der Waals surface area contributed by atoms with Crippen LogP contribution in [0.3, 0.4) is 0 Å². The lowest BCUT2D eigenvalue weighted by Gasteiger charge is -1.89. The predicted molar refractivity (Wildman–Crippen MR) is 23.2 cm³/mol. The minimum absolute atomic E-state index is 0.0556. The molecular weight excluding hydrogens is 86.1 g/mol. The molecule has 0 aromatic carbocycles. The summed E-state index contributed by atoms with van der Waals surface area (Å²) in [5.74, 6) is -0.0556. The van der Waals surface area contributed by atoms with Crippen molar-refractivity contribution in [3.63, 3.8) is 0 Å². The van der Waals surface area contributed by atoms with Crippen LogP contribution >= 0.6 is 0 Å². The minimum Gasteiger partial charge on any atom is -0.666 e. The smallest absolute Gasteiger partial charge is 0.164 e. The van der Waals surface area contributed by atoms with Crippen LogP contribution in [-0.4, -0.2) is 5.96 Å². The topological polar surface area (TPSA) is 64.4 Å². The Balaban J connectivity index is 3.14. The summed E-state index contributed by atoms with van der Waals surface area (Å²) in [6, 6.07) is 0. The van der Waals surface area contributed by atoms with E-state index >= 15 is 0 Å². The van der Waals surface area contributed by atoms with E-state index in [1.807, 2.05) is 0 Å². The molecule has 0 aromatic rings. The summed E-state index contributed by atoms with van der Waals surface area (Å²) in [5, 5.41) is 0. The van der Waals surface area contributed by atoms with Crippen LogP contribution in [0.1, 0.15) is 0 Å². The van der Waals surface area contributed by atoms with E-state index in [9.17, 15) is 0 Å². The van der Waals surface area contributed by atoms with E-state index in [0.29, 0.717) is 0 Å². The van der Waals surface area contributed by atoms with Crippen LogP contribution in [-0.2, 0) is 12.8 Å². The largest absolute Gasteiger partial charge is 0.666 e. The maximum Gasteiger partial charge on any atom is 0.164 e. The lowest BCUT2D eigenvalue weighted by atomic mass is 11.1. The van der Waals surface area contributed by atoms with E-state index in [1.165, 1.54) is 0 Å². The van der Waals surface area contributed by atoms with Crippen molar-refractivity contribution < 1.29 is 0 Å². The average molecular weight is 90.1 g/mol. The van der Waals surface area contributed by atoms with Crippen LogP contribution in [0.4, 0.5) is 0 Å². The lowest BCUT2D eigenvalue weighted by molar-refractivity contribution is 1.54. The van der Waals surface area contributed by atoms with Crippen molar-refractivity contribution in [1.82, 2.24) is 0 Å². The third kappa shape index (κ3) is 3.49. The fourth-order valence-electron chi connectivity index (χ4n) is 0. The van der Waals surface area contributed by atoms with Gasteiger partial charge in [0.1, 0.15) is 0 Å². The monoisotopic (exact) mass is 90.0 g/mol. The number of rotatable bonds is 0. The van der Waals surface area contributed by atoms with Crippen molar-refractivity contribution in [3.05, 3.63) is 0 Å². The first kappa shape index (κ1) is 4.49. The highest BCUT2D eigenvalue weighted by Gasteiger charge is 1.55. The lowest BCUT2D eigenvalue weighted by Crippen LogP contribution is -2.21. The van der Waals surface area contributed by atoms with Crippen molar-refractivity contribution in [2.75, 3.05) is 0 Å². The van der Waals surface area contributed by atoms with Crippen molar-refractivity contribution >= 4 is 18.8 Å². The molecule has 0 spiro atoms. The van der Waals surface area contributed by atoms with Crippen LogP contribution < -0.4 is 11.5 Å². The first-order valence-corrected chi connectivity index (χ1v) is 1.35. The number of guanidine groups is 1. The summed E-state index contributed by atoms with van der Waals surface area (Å²) in [4.78, 5) is 0. The van der Waals surface area contributed by atoms with Gasteiger partial charge in [-0.25, -0.2) is 0 Å². The summed E-state index contributed by atoms with van der Waals surface area (Å²) >= 11 is 4.01. The van der Waals surface area contributed by atoms with Gasteiger partial charge in [0.2, 0.25) is 0 Å². The molecule has 0 rings (SSSR count). The summed E-state index contributed by atoms with van der Waals surface area (Å²) in [5.41, 5.74) is 9.43. The zero-order chi connectivity index (χ0) is 4.28. The molecule has 0 saturated carbocycles. The summed E-state index contributed by atoms with van der Waals surface area (Å²) in [7, 11) is 0. The van der Waals surface area contributed by atoms with Gasteiger partial charge in [-0.05, 0) is 0 Å². The van der Waals surface area contributed by atoms with Crippen LogP contribution in [0.25, 0.3) is 0 Å². The molecule has 4 N–H and O–H groups in total. The molecule has 4 heteroatoms. The molecular formula is CH4N3S-. The van der Waals surface area contributed by atoms with E-state index in [2.05, 4.69) is 17.2 Å². The van der Waals surface area contributed by atoms with E-state index in [4.69, 9.17) is 11.5 Å². The Morgan fingerprint density at radius 3 is 1.80 bits per heavy atom. The van der Waals surface area contributed by atoms with Gasteiger partial charge in [0.05, 0.1) is 0 Å². The maximum atomic E-state index is 4.72. The molecule has 0 aliphatic rings. The van der Waals surface area contributed by atoms with Gasteiger partial charge in [-0.2, -0.15) is 0 Å². The average Bonchev–Trinajstić information content (AvgIpc) is 1.38. The number of hydrogen-bond donors (Lipinski definition) is 2. The van der Waals surface area contributed by atoms with Gasteiger partial charge < -0.3 is 28.7 Å². The molecule has 5 heavy (non-hydrogen) atoms. The van der Waals surface area contributed by atoms with Crippen molar-refractivity contribution in [1.29, 1.82) is 0 Å². The summed E-state index contributed by atoms with van der Waals surface area (Å²) in [6.45, 7) is 0. The molecule has 0 saturated heterocycles. The van der Waals surface area contributed by atoms with E-state index < -0.39 is 0 Å². The standard InChI is InChI=1S/CH5N3S/c2-1(3)4-5/h5H,(H4,2,3,4)/p-1. The Morgan fingerprint density at radius 2 is 1.80 bits per heavy atom. The molecule has 3 nitrogen and oxygen atoms in total. The van der Waals surface area contributed by atoms with Crippen LogP contribution in [0.2, 0.25) is 0 Å². The molecule has 0 bridgehead atoms. The van der Waals surface area contributed by atoms with Gasteiger partial charge >= 0.3 is 0 Å². The second-order valence-electron chi connectivity index (χ2n) is 0.516. The number of nitrogens with two attached hydrogens (primary N) is 2. The van der Waals surface area contributed by atoms with Crippen molar-refractivity contribution in [3.8, 4) is 0 Å². The minimum atomic E-state index is -0.0556. The fraction of sp³-hybridized carbons (Fsp3) is 0. The second-order valence-corrected chi connectivity index (χ2v) is 0.699. The van der Waals surface area contributed by atoms with Gasteiger partial charge in [0, 0.05) is 0 Å². The highest BCUT2D eigenvalue weighted by atomic mass is 32.1. The van der Waals surface area contributed by atoms with Crippen molar-refractivity contribution in [2.24, 2.45) is 15.9 Å². The number of hydrogen-bond acceptors (Lipinski definition) is 2. The maximum absolute atomic E-state index is 4.72. The number of nitrogens with zero attached hydrogens (tertiary/aromatic N) is 1. The van der Waals surface area contributed by atoms with Gasteiger partial charge in [0.25, 0.3) is 0 Å². The van der Waals surface area contributed by atoms with Crippen LogP contribution in [0, 0.1) is 0 Å². The van der Waals surface area contributed by atoms with Crippen LogP contribution in [0.5, 0.6) is 0 Å². The Morgan fingerprint density at radius 1 is 1.60 bits per heavy atom. The third-order valence-corrected chi connectivity index (χ3v) is 0.316. The fourth-order valence-corrected chi connectivity index (χ4v) is 0. The molecule has 0 aromatic heterocycles. The Kier molecular flexibility index (Phi) is 1.60. The quantitative estimate of drug-likeness (QED) is 0.221. The molecule has 0 heterocycles. The van der Waals surface area contributed by atoms with Crippen LogP contribution in [0.15, 0.2) is 4.40 Å². The Labute approximate surface area is 35.6 Å². The molecule has 0 unspecified atom stereocenters. The first-order chi connectivity index (χ1) is 2.27. The van der Waals surface area contributed by atoms with Gasteiger partial charge in [0.15, 0.2) is 5.96 Å². The predicted octanol–water partition coefficient (Wildman–Crippen LogP) is -1.28. The molecule has 0 aliphatic heterocycles. The second kappa shape index (κ2) is 1.78. The third-order valence-electron chi connectivity index (χ3n) is 0.105. The Bertz CT molecular complexity index is 44.9. The summed E-state index contributed by atoms with van der Waals surface area (Å²) in [6.07, 6.45) is 0. The molecule has 0 aliphatic carbocycles. The molecule has 0 radical (unpaired) electrons. The molecule has 30 valence electrons.